The van der Waals surface area contributed by atoms with Crippen molar-refractivity contribution >= 4 is 5.91 Å². The van der Waals surface area contributed by atoms with Gasteiger partial charge in [0.25, 0.3) is 5.91 Å². The van der Waals surface area contributed by atoms with Gasteiger partial charge in [0.15, 0.2) is 6.61 Å². The Balaban J connectivity index is 1.42. The highest BCUT2D eigenvalue weighted by molar-refractivity contribution is 5.79. The van der Waals surface area contributed by atoms with Crippen molar-refractivity contribution in [3.05, 3.63) is 60.2 Å². The van der Waals surface area contributed by atoms with Crippen LogP contribution >= 0.6 is 0 Å². The zero-order valence-corrected chi connectivity index (χ0v) is 17.8. The molecule has 30 heavy (non-hydrogen) atoms. The van der Waals surface area contributed by atoms with Gasteiger partial charge in [-0.1, -0.05) is 36.4 Å². The minimum atomic E-state index is -0.0211. The molecule has 158 valence electrons. The highest BCUT2D eigenvalue weighted by Crippen LogP contribution is 2.58. The van der Waals surface area contributed by atoms with Crippen LogP contribution in [0.25, 0.3) is 0 Å². The van der Waals surface area contributed by atoms with E-state index in [4.69, 9.17) is 9.47 Å². The first-order valence-electron chi connectivity index (χ1n) is 11.3. The summed E-state index contributed by atoms with van der Waals surface area (Å²) in [6, 6.07) is 17.7. The fourth-order valence-corrected chi connectivity index (χ4v) is 6.66. The maximum Gasteiger partial charge on any atom is 0.261 e. The molecule has 2 aromatic carbocycles. The van der Waals surface area contributed by atoms with Gasteiger partial charge in [0.2, 0.25) is 0 Å². The van der Waals surface area contributed by atoms with Crippen LogP contribution in [0.2, 0.25) is 0 Å². The Kier molecular flexibility index (Phi) is 5.18. The summed E-state index contributed by atoms with van der Waals surface area (Å²) in [5.74, 6) is 4.02. The van der Waals surface area contributed by atoms with Crippen LogP contribution in [0.3, 0.4) is 0 Å². The van der Waals surface area contributed by atoms with Crippen molar-refractivity contribution in [3.63, 3.8) is 0 Å². The molecule has 4 heteroatoms. The van der Waals surface area contributed by atoms with Gasteiger partial charge in [-0.2, -0.15) is 0 Å². The number of hydrogen-bond donors (Lipinski definition) is 0. The van der Waals surface area contributed by atoms with Gasteiger partial charge in [0.05, 0.1) is 7.11 Å². The Labute approximate surface area is 179 Å². The molecule has 6 rings (SSSR count). The average molecular weight is 406 g/mol. The van der Waals surface area contributed by atoms with E-state index in [1.807, 2.05) is 48.5 Å². The maximum absolute atomic E-state index is 13.6. The summed E-state index contributed by atoms with van der Waals surface area (Å²) < 4.78 is 11.5. The molecule has 0 saturated heterocycles. The molecule has 4 aliphatic rings. The second-order valence-corrected chi connectivity index (χ2v) is 9.54. The highest BCUT2D eigenvalue weighted by Gasteiger charge is 2.54. The Hall–Kier alpha value is -2.49. The number of benzene rings is 2. The SMILES string of the molecule is COc1ccccc1CN(C(=O)COc1ccccc1)C12CC3CC(CC(C3)C1)C2. The van der Waals surface area contributed by atoms with Gasteiger partial charge in [0, 0.05) is 17.6 Å². The van der Waals surface area contributed by atoms with Crippen LogP contribution in [-0.2, 0) is 11.3 Å². The lowest BCUT2D eigenvalue weighted by molar-refractivity contribution is -0.154. The first-order valence-corrected chi connectivity index (χ1v) is 11.3. The minimum Gasteiger partial charge on any atom is -0.496 e. The molecule has 0 N–H and O–H groups in total. The summed E-state index contributed by atoms with van der Waals surface area (Å²) in [5, 5.41) is 0. The molecule has 4 saturated carbocycles. The molecule has 4 fully saturated rings. The standard InChI is InChI=1S/C26H31NO3/c1-29-24-10-6-5-7-22(24)17-27(25(28)18-30-23-8-3-2-4-9-23)26-14-19-11-20(15-26)13-21(12-19)16-26/h2-10,19-21H,11-18H2,1H3. The summed E-state index contributed by atoms with van der Waals surface area (Å²) in [6.45, 7) is 0.675. The van der Waals surface area contributed by atoms with E-state index in [0.29, 0.717) is 6.54 Å². The third-order valence-electron chi connectivity index (χ3n) is 7.51. The molecular weight excluding hydrogens is 374 g/mol. The smallest absolute Gasteiger partial charge is 0.261 e. The Morgan fingerprint density at radius 3 is 2.17 bits per heavy atom. The first kappa shape index (κ1) is 19.5. The van der Waals surface area contributed by atoms with Crippen LogP contribution in [0.1, 0.15) is 44.1 Å². The third-order valence-corrected chi connectivity index (χ3v) is 7.51. The van der Waals surface area contributed by atoms with Gasteiger partial charge in [0.1, 0.15) is 11.5 Å². The molecule has 0 aliphatic heterocycles. The fourth-order valence-electron chi connectivity index (χ4n) is 6.66. The summed E-state index contributed by atoms with van der Waals surface area (Å²) in [7, 11) is 1.70. The Bertz CT molecular complexity index is 859. The molecule has 0 aromatic heterocycles. The molecule has 0 unspecified atom stereocenters. The topological polar surface area (TPSA) is 38.8 Å². The molecule has 0 spiro atoms. The van der Waals surface area contributed by atoms with Crippen molar-refractivity contribution in [2.75, 3.05) is 13.7 Å². The first-order chi connectivity index (χ1) is 14.6. The number of carbonyl (C=O) groups is 1. The number of amides is 1. The van der Waals surface area contributed by atoms with Gasteiger partial charge >= 0.3 is 0 Å². The second-order valence-electron chi connectivity index (χ2n) is 9.54. The largest absolute Gasteiger partial charge is 0.496 e. The normalized spacial score (nSPS) is 28.9. The predicted octanol–water partition coefficient (Wildman–Crippen LogP) is 5.07. The van der Waals surface area contributed by atoms with Crippen molar-refractivity contribution in [1.29, 1.82) is 0 Å². The van der Waals surface area contributed by atoms with E-state index < -0.39 is 0 Å². The van der Waals surface area contributed by atoms with Crippen molar-refractivity contribution in [3.8, 4) is 11.5 Å². The van der Waals surface area contributed by atoms with E-state index >= 15 is 0 Å². The van der Waals surface area contributed by atoms with Crippen LogP contribution in [0.15, 0.2) is 54.6 Å². The van der Waals surface area contributed by atoms with Gasteiger partial charge in [-0.3, -0.25) is 4.79 Å². The van der Waals surface area contributed by atoms with Crippen molar-refractivity contribution in [2.24, 2.45) is 17.8 Å². The van der Waals surface area contributed by atoms with Crippen LogP contribution in [0.4, 0.5) is 0 Å². The molecule has 1 amide bonds. The van der Waals surface area contributed by atoms with E-state index in [0.717, 1.165) is 54.1 Å². The second kappa shape index (κ2) is 7.98. The number of nitrogens with zero attached hydrogens (tertiary/aromatic N) is 1. The van der Waals surface area contributed by atoms with Gasteiger partial charge in [-0.05, 0) is 74.5 Å². The van der Waals surface area contributed by atoms with Crippen molar-refractivity contribution < 1.29 is 14.3 Å². The number of ether oxygens (including phenoxy) is 2. The van der Waals surface area contributed by atoms with E-state index in [-0.39, 0.29) is 18.1 Å². The number of rotatable bonds is 7. The zero-order valence-electron chi connectivity index (χ0n) is 17.8. The van der Waals surface area contributed by atoms with E-state index in [1.165, 1.54) is 19.3 Å². The van der Waals surface area contributed by atoms with E-state index in [1.54, 1.807) is 7.11 Å². The molecule has 0 heterocycles. The van der Waals surface area contributed by atoms with E-state index in [9.17, 15) is 4.79 Å². The summed E-state index contributed by atoms with van der Waals surface area (Å²) in [4.78, 5) is 15.8. The maximum atomic E-state index is 13.6. The monoisotopic (exact) mass is 405 g/mol. The van der Waals surface area contributed by atoms with Crippen LogP contribution in [0.5, 0.6) is 11.5 Å². The van der Waals surface area contributed by atoms with Crippen LogP contribution < -0.4 is 9.47 Å². The van der Waals surface area contributed by atoms with Crippen LogP contribution in [0, 0.1) is 17.8 Å². The third kappa shape index (κ3) is 3.68. The average Bonchev–Trinajstić information content (AvgIpc) is 2.76. The molecule has 4 aliphatic carbocycles. The van der Waals surface area contributed by atoms with Crippen molar-refractivity contribution in [2.45, 2.75) is 50.6 Å². The molecule has 4 bridgehead atoms. The van der Waals surface area contributed by atoms with Crippen LogP contribution in [-0.4, -0.2) is 30.1 Å². The van der Waals surface area contributed by atoms with Gasteiger partial charge in [-0.15, -0.1) is 0 Å². The lowest BCUT2D eigenvalue weighted by atomic mass is 9.52. The van der Waals surface area contributed by atoms with Gasteiger partial charge < -0.3 is 14.4 Å². The lowest BCUT2D eigenvalue weighted by Gasteiger charge is -2.60. The van der Waals surface area contributed by atoms with Gasteiger partial charge in [-0.25, -0.2) is 0 Å². The van der Waals surface area contributed by atoms with E-state index in [2.05, 4.69) is 11.0 Å². The molecule has 4 nitrogen and oxygen atoms in total. The highest BCUT2D eigenvalue weighted by atomic mass is 16.5. The summed E-state index contributed by atoms with van der Waals surface area (Å²) in [5.41, 5.74) is 1.05. The molecule has 0 atom stereocenters. The molecular formula is C26H31NO3. The fraction of sp³-hybridized carbons (Fsp3) is 0.500. The Morgan fingerprint density at radius 2 is 1.53 bits per heavy atom. The summed E-state index contributed by atoms with van der Waals surface area (Å²) in [6.07, 6.45) is 7.50. The summed E-state index contributed by atoms with van der Waals surface area (Å²) >= 11 is 0. The Morgan fingerprint density at radius 1 is 0.933 bits per heavy atom. The van der Waals surface area contributed by atoms with Crippen molar-refractivity contribution in [1.82, 2.24) is 4.90 Å². The number of carbonyl (C=O) groups excluding carboxylic acids is 1. The molecule has 0 radical (unpaired) electrons. The lowest BCUT2D eigenvalue weighted by Crippen LogP contribution is -2.61. The number of hydrogen-bond acceptors (Lipinski definition) is 3. The number of methoxy groups -OCH3 is 1. The predicted molar refractivity (Wildman–Crippen MR) is 116 cm³/mol. The zero-order chi connectivity index (χ0) is 20.6. The minimum absolute atomic E-state index is 0.0211. The number of para-hydroxylation sites is 2. The quantitative estimate of drug-likeness (QED) is 0.645. The molecule has 2 aromatic rings.